The predicted molar refractivity (Wildman–Crippen MR) is 71.3 cm³/mol. The molecule has 0 aromatic rings. The maximum Gasteiger partial charge on any atom is 0.140 e. The second-order valence-corrected chi connectivity index (χ2v) is 6.43. The Morgan fingerprint density at radius 2 is 0.750 bits per heavy atom. The van der Waals surface area contributed by atoms with E-state index >= 15 is 0 Å². The Labute approximate surface area is 102 Å². The van der Waals surface area contributed by atoms with Crippen molar-refractivity contribution in [2.45, 2.75) is 55.4 Å². The summed E-state index contributed by atoms with van der Waals surface area (Å²) in [5.41, 5.74) is 0. The Bertz CT molecular complexity index is 175. The van der Waals surface area contributed by atoms with E-state index in [9.17, 15) is 4.79 Å². The standard InChI is InChI=1S/C15H30O/c1-9(2)13(10(3)4)15(16)14(11(5)6)12(7)8/h9-14H,1-8H3. The number of carbonyl (C=O) groups excluding carboxylic acids is 1. The van der Waals surface area contributed by atoms with Gasteiger partial charge in [-0.15, -0.1) is 0 Å². The zero-order valence-corrected chi connectivity index (χ0v) is 12.4. The highest BCUT2D eigenvalue weighted by Crippen LogP contribution is 2.31. The fourth-order valence-electron chi connectivity index (χ4n) is 3.08. The molecule has 0 saturated heterocycles. The van der Waals surface area contributed by atoms with Crippen molar-refractivity contribution < 1.29 is 4.79 Å². The Morgan fingerprint density at radius 1 is 0.562 bits per heavy atom. The molecule has 0 N–H and O–H groups in total. The van der Waals surface area contributed by atoms with E-state index in [4.69, 9.17) is 0 Å². The number of rotatable bonds is 6. The van der Waals surface area contributed by atoms with Crippen LogP contribution < -0.4 is 0 Å². The van der Waals surface area contributed by atoms with E-state index in [2.05, 4.69) is 55.4 Å². The lowest BCUT2D eigenvalue weighted by molar-refractivity contribution is -0.132. The lowest BCUT2D eigenvalue weighted by Gasteiger charge is -2.32. The summed E-state index contributed by atoms with van der Waals surface area (Å²) in [6, 6.07) is 0. The van der Waals surface area contributed by atoms with Crippen LogP contribution in [0.4, 0.5) is 0 Å². The molecule has 0 aromatic heterocycles. The average Bonchev–Trinajstić information content (AvgIpc) is 1.99. The van der Waals surface area contributed by atoms with E-state index in [-0.39, 0.29) is 11.8 Å². The van der Waals surface area contributed by atoms with Gasteiger partial charge in [-0.05, 0) is 23.7 Å². The molecule has 0 aromatic carbocycles. The first-order valence-corrected chi connectivity index (χ1v) is 6.73. The molecule has 0 bridgehead atoms. The molecule has 0 amide bonds. The minimum absolute atomic E-state index is 0.217. The average molecular weight is 226 g/mol. The second kappa shape index (κ2) is 6.42. The number of Topliss-reactive ketones (excluding diaryl/α,β-unsaturated/α-hetero) is 1. The molecule has 0 fully saturated rings. The van der Waals surface area contributed by atoms with Gasteiger partial charge in [-0.25, -0.2) is 0 Å². The van der Waals surface area contributed by atoms with Gasteiger partial charge in [0, 0.05) is 11.8 Å². The molecule has 0 aliphatic heterocycles. The van der Waals surface area contributed by atoms with Crippen LogP contribution in [0.25, 0.3) is 0 Å². The lowest BCUT2D eigenvalue weighted by Crippen LogP contribution is -2.36. The normalized spacial score (nSPS) is 12.9. The van der Waals surface area contributed by atoms with Gasteiger partial charge < -0.3 is 0 Å². The number of ketones is 1. The Kier molecular flexibility index (Phi) is 6.28. The Morgan fingerprint density at radius 3 is 0.875 bits per heavy atom. The molecule has 1 heteroatoms. The predicted octanol–water partition coefficient (Wildman–Crippen LogP) is 4.41. The summed E-state index contributed by atoms with van der Waals surface area (Å²) < 4.78 is 0. The molecule has 0 saturated carbocycles. The third-order valence-corrected chi connectivity index (χ3v) is 3.53. The maximum atomic E-state index is 12.6. The van der Waals surface area contributed by atoms with Crippen molar-refractivity contribution in [2.24, 2.45) is 35.5 Å². The molecular weight excluding hydrogens is 196 g/mol. The molecule has 0 heterocycles. The minimum atomic E-state index is 0.217. The van der Waals surface area contributed by atoms with Crippen LogP contribution in [0.3, 0.4) is 0 Å². The highest BCUT2D eigenvalue weighted by atomic mass is 16.1. The SMILES string of the molecule is CC(C)C(C(=O)C(C(C)C)C(C)C)C(C)C. The van der Waals surface area contributed by atoms with Crippen LogP contribution >= 0.6 is 0 Å². The topological polar surface area (TPSA) is 17.1 Å². The number of hydrogen-bond donors (Lipinski definition) is 0. The van der Waals surface area contributed by atoms with E-state index in [1.807, 2.05) is 0 Å². The maximum absolute atomic E-state index is 12.6. The third kappa shape index (κ3) is 3.92. The largest absolute Gasteiger partial charge is 0.299 e. The van der Waals surface area contributed by atoms with E-state index in [1.165, 1.54) is 0 Å². The van der Waals surface area contributed by atoms with Gasteiger partial charge in [-0.1, -0.05) is 55.4 Å². The summed E-state index contributed by atoms with van der Waals surface area (Å²) in [6.07, 6.45) is 0. The van der Waals surface area contributed by atoms with E-state index < -0.39 is 0 Å². The molecule has 0 rings (SSSR count). The Hall–Kier alpha value is -0.330. The molecule has 96 valence electrons. The number of hydrogen-bond acceptors (Lipinski definition) is 1. The fourth-order valence-corrected chi connectivity index (χ4v) is 3.08. The Balaban J connectivity index is 4.96. The third-order valence-electron chi connectivity index (χ3n) is 3.53. The molecular formula is C15H30O. The van der Waals surface area contributed by atoms with Gasteiger partial charge >= 0.3 is 0 Å². The first-order valence-electron chi connectivity index (χ1n) is 6.73. The van der Waals surface area contributed by atoms with Crippen LogP contribution in [0.5, 0.6) is 0 Å². The van der Waals surface area contributed by atoms with Crippen molar-refractivity contribution in [3.63, 3.8) is 0 Å². The van der Waals surface area contributed by atoms with E-state index in [0.717, 1.165) is 0 Å². The first kappa shape index (κ1) is 15.7. The van der Waals surface area contributed by atoms with Crippen molar-refractivity contribution in [3.8, 4) is 0 Å². The van der Waals surface area contributed by atoms with Crippen molar-refractivity contribution in [2.75, 3.05) is 0 Å². The van der Waals surface area contributed by atoms with E-state index in [1.54, 1.807) is 0 Å². The molecule has 0 unspecified atom stereocenters. The van der Waals surface area contributed by atoms with Crippen molar-refractivity contribution in [1.29, 1.82) is 0 Å². The minimum Gasteiger partial charge on any atom is -0.299 e. The van der Waals surface area contributed by atoms with Crippen LogP contribution in [0.2, 0.25) is 0 Å². The van der Waals surface area contributed by atoms with Gasteiger partial charge in [0.1, 0.15) is 5.78 Å². The zero-order chi connectivity index (χ0) is 13.0. The van der Waals surface area contributed by atoms with Crippen LogP contribution in [0, 0.1) is 35.5 Å². The summed E-state index contributed by atoms with van der Waals surface area (Å²) in [4.78, 5) is 12.6. The van der Waals surface area contributed by atoms with Gasteiger partial charge in [-0.2, -0.15) is 0 Å². The van der Waals surface area contributed by atoms with Crippen molar-refractivity contribution >= 4 is 5.78 Å². The van der Waals surface area contributed by atoms with Gasteiger partial charge in [0.15, 0.2) is 0 Å². The van der Waals surface area contributed by atoms with Gasteiger partial charge in [0.2, 0.25) is 0 Å². The van der Waals surface area contributed by atoms with Crippen LogP contribution in [-0.4, -0.2) is 5.78 Å². The molecule has 0 spiro atoms. The first-order chi connectivity index (χ1) is 7.20. The van der Waals surface area contributed by atoms with Gasteiger partial charge in [0.05, 0.1) is 0 Å². The zero-order valence-electron chi connectivity index (χ0n) is 12.4. The smallest absolute Gasteiger partial charge is 0.140 e. The molecule has 16 heavy (non-hydrogen) atoms. The van der Waals surface area contributed by atoms with E-state index in [0.29, 0.717) is 29.5 Å². The lowest BCUT2D eigenvalue weighted by atomic mass is 9.71. The molecule has 1 nitrogen and oxygen atoms in total. The molecule has 0 atom stereocenters. The molecule has 0 aliphatic rings. The fraction of sp³-hybridized carbons (Fsp3) is 0.933. The highest BCUT2D eigenvalue weighted by molar-refractivity contribution is 5.84. The van der Waals surface area contributed by atoms with Crippen LogP contribution in [0.15, 0.2) is 0 Å². The summed E-state index contributed by atoms with van der Waals surface area (Å²) in [7, 11) is 0. The molecule has 0 aliphatic carbocycles. The van der Waals surface area contributed by atoms with Crippen LogP contribution in [0.1, 0.15) is 55.4 Å². The monoisotopic (exact) mass is 226 g/mol. The highest BCUT2D eigenvalue weighted by Gasteiger charge is 2.34. The quantitative estimate of drug-likeness (QED) is 0.655. The van der Waals surface area contributed by atoms with Crippen LogP contribution in [-0.2, 0) is 4.79 Å². The summed E-state index contributed by atoms with van der Waals surface area (Å²) >= 11 is 0. The van der Waals surface area contributed by atoms with Gasteiger partial charge in [0.25, 0.3) is 0 Å². The van der Waals surface area contributed by atoms with Crippen molar-refractivity contribution in [1.82, 2.24) is 0 Å². The van der Waals surface area contributed by atoms with Crippen molar-refractivity contribution in [3.05, 3.63) is 0 Å². The summed E-state index contributed by atoms with van der Waals surface area (Å²) in [6.45, 7) is 17.3. The summed E-state index contributed by atoms with van der Waals surface area (Å²) in [5, 5.41) is 0. The van der Waals surface area contributed by atoms with Gasteiger partial charge in [-0.3, -0.25) is 4.79 Å². The summed E-state index contributed by atoms with van der Waals surface area (Å²) in [5.74, 6) is 2.72. The second-order valence-electron chi connectivity index (χ2n) is 6.43. The number of carbonyl (C=O) groups is 1. The molecule has 0 radical (unpaired) electrons.